The molecule has 2 amide bonds. The van der Waals surface area contributed by atoms with E-state index < -0.39 is 6.09 Å². The molecule has 1 aromatic heterocycles. The Bertz CT molecular complexity index is 1140. The summed E-state index contributed by atoms with van der Waals surface area (Å²) in [6, 6.07) is 17.2. The average Bonchev–Trinajstić information content (AvgIpc) is 2.78. The van der Waals surface area contributed by atoms with E-state index in [0.29, 0.717) is 29.1 Å². The number of aromatic nitrogens is 1. The van der Waals surface area contributed by atoms with Crippen LogP contribution in [0.3, 0.4) is 0 Å². The van der Waals surface area contributed by atoms with Gasteiger partial charge in [-0.1, -0.05) is 31.2 Å². The summed E-state index contributed by atoms with van der Waals surface area (Å²) in [5.74, 6) is -0.234. The van der Waals surface area contributed by atoms with Gasteiger partial charge in [0.15, 0.2) is 5.75 Å². The molecule has 0 radical (unpaired) electrons. The van der Waals surface area contributed by atoms with E-state index in [-0.39, 0.29) is 11.7 Å². The molecule has 0 saturated carbocycles. The molecule has 156 valence electrons. The standard InChI is InChI=1S/C23H21N5O3/c1-2-26-13-15-11-18(12-24)21(27-14-15)16-7-9-17(10-8-16)22(29)28-19-5-3-4-6-20(19)31-23(25)30/h3-11,14,26H,2,13H2,1H3,(H2,25,30)(H,28,29). The number of nitriles is 1. The Hall–Kier alpha value is -4.22. The number of nitrogens with one attached hydrogen (secondary N) is 2. The van der Waals surface area contributed by atoms with Gasteiger partial charge in [-0.25, -0.2) is 4.79 Å². The van der Waals surface area contributed by atoms with Crippen molar-refractivity contribution in [2.45, 2.75) is 13.5 Å². The summed E-state index contributed by atoms with van der Waals surface area (Å²) in [5, 5.41) is 15.4. The highest BCUT2D eigenvalue weighted by Crippen LogP contribution is 2.26. The maximum atomic E-state index is 12.6. The van der Waals surface area contributed by atoms with Gasteiger partial charge in [-0.15, -0.1) is 0 Å². The lowest BCUT2D eigenvalue weighted by atomic mass is 10.0. The molecule has 3 rings (SSSR count). The summed E-state index contributed by atoms with van der Waals surface area (Å²) >= 11 is 0. The first-order valence-corrected chi connectivity index (χ1v) is 9.59. The van der Waals surface area contributed by atoms with Crippen LogP contribution in [0.15, 0.2) is 60.8 Å². The molecule has 8 nitrogen and oxygen atoms in total. The molecule has 0 aliphatic heterocycles. The van der Waals surface area contributed by atoms with Gasteiger partial charge in [0.1, 0.15) is 6.07 Å². The van der Waals surface area contributed by atoms with Crippen LogP contribution < -0.4 is 21.1 Å². The molecule has 0 aliphatic rings. The van der Waals surface area contributed by atoms with E-state index in [1.807, 2.05) is 6.92 Å². The Kier molecular flexibility index (Phi) is 6.93. The minimum absolute atomic E-state index is 0.153. The number of rotatable bonds is 7. The Morgan fingerprint density at radius 1 is 1.16 bits per heavy atom. The van der Waals surface area contributed by atoms with E-state index in [2.05, 4.69) is 21.7 Å². The molecule has 0 spiro atoms. The second kappa shape index (κ2) is 10.0. The number of amides is 2. The summed E-state index contributed by atoms with van der Waals surface area (Å²) in [5.41, 5.74) is 8.43. The van der Waals surface area contributed by atoms with Gasteiger partial charge in [0.05, 0.1) is 16.9 Å². The number of carbonyl (C=O) groups excluding carboxylic acids is 2. The number of primary amides is 1. The smallest absolute Gasteiger partial charge is 0.408 e. The fourth-order valence-corrected chi connectivity index (χ4v) is 2.93. The van der Waals surface area contributed by atoms with Crippen molar-refractivity contribution in [3.8, 4) is 23.1 Å². The van der Waals surface area contributed by atoms with Crippen LogP contribution in [0.5, 0.6) is 5.75 Å². The largest absolute Gasteiger partial charge is 0.410 e. The number of nitrogens with two attached hydrogens (primary N) is 1. The number of pyridine rings is 1. The molecule has 0 aliphatic carbocycles. The highest BCUT2D eigenvalue weighted by atomic mass is 16.5. The number of nitrogens with zero attached hydrogens (tertiary/aromatic N) is 2. The molecule has 0 saturated heterocycles. The molecule has 8 heteroatoms. The first kappa shape index (κ1) is 21.5. The number of carbonyl (C=O) groups is 2. The van der Waals surface area contributed by atoms with Crippen molar-refractivity contribution in [3.05, 3.63) is 77.5 Å². The highest BCUT2D eigenvalue weighted by Gasteiger charge is 2.13. The van der Waals surface area contributed by atoms with Crippen molar-refractivity contribution in [2.24, 2.45) is 5.73 Å². The molecule has 0 bridgehead atoms. The van der Waals surface area contributed by atoms with E-state index in [1.54, 1.807) is 54.7 Å². The van der Waals surface area contributed by atoms with Crippen LogP contribution in [0.1, 0.15) is 28.4 Å². The number of benzene rings is 2. The van der Waals surface area contributed by atoms with Crippen LogP contribution in [0.25, 0.3) is 11.3 Å². The lowest BCUT2D eigenvalue weighted by Gasteiger charge is -2.11. The molecule has 2 aromatic carbocycles. The van der Waals surface area contributed by atoms with E-state index in [0.717, 1.165) is 17.7 Å². The summed E-state index contributed by atoms with van der Waals surface area (Å²) in [6.45, 7) is 3.47. The molecule has 31 heavy (non-hydrogen) atoms. The van der Waals surface area contributed by atoms with Gasteiger partial charge in [0.25, 0.3) is 5.91 Å². The Balaban J connectivity index is 1.79. The van der Waals surface area contributed by atoms with Crippen LogP contribution in [0.4, 0.5) is 10.5 Å². The van der Waals surface area contributed by atoms with Crippen LogP contribution in [0, 0.1) is 11.3 Å². The number of anilines is 1. The Morgan fingerprint density at radius 3 is 2.58 bits per heavy atom. The Labute approximate surface area is 179 Å². The van der Waals surface area contributed by atoms with E-state index in [9.17, 15) is 14.9 Å². The number of para-hydroxylation sites is 2. The molecule has 4 N–H and O–H groups in total. The molecular formula is C23H21N5O3. The van der Waals surface area contributed by atoms with Crippen molar-refractivity contribution in [1.29, 1.82) is 5.26 Å². The van der Waals surface area contributed by atoms with Gasteiger partial charge < -0.3 is 21.1 Å². The summed E-state index contributed by atoms with van der Waals surface area (Å²) < 4.78 is 4.90. The first-order valence-electron chi connectivity index (χ1n) is 9.59. The fraction of sp³-hybridized carbons (Fsp3) is 0.130. The molecule has 0 atom stereocenters. The van der Waals surface area contributed by atoms with Crippen molar-refractivity contribution < 1.29 is 14.3 Å². The SMILES string of the molecule is CCNCc1cnc(-c2ccc(C(=O)Nc3ccccc3OC(N)=O)cc2)c(C#N)c1. The average molecular weight is 415 g/mol. The third-order valence-electron chi connectivity index (χ3n) is 4.41. The Morgan fingerprint density at radius 2 is 1.90 bits per heavy atom. The second-order valence-electron chi connectivity index (χ2n) is 6.58. The number of hydrogen-bond donors (Lipinski definition) is 3. The summed E-state index contributed by atoms with van der Waals surface area (Å²) in [7, 11) is 0. The maximum Gasteiger partial charge on any atom is 0.410 e. The van der Waals surface area contributed by atoms with Crippen LogP contribution in [-0.2, 0) is 6.54 Å². The van der Waals surface area contributed by atoms with Crippen LogP contribution in [0.2, 0.25) is 0 Å². The zero-order valence-electron chi connectivity index (χ0n) is 16.9. The van der Waals surface area contributed by atoms with Crippen LogP contribution in [-0.4, -0.2) is 23.5 Å². The lowest BCUT2D eigenvalue weighted by Crippen LogP contribution is -2.18. The summed E-state index contributed by atoms with van der Waals surface area (Å²) in [6.07, 6.45) is 0.762. The highest BCUT2D eigenvalue weighted by molar-refractivity contribution is 6.05. The molecule has 0 unspecified atom stereocenters. The van der Waals surface area contributed by atoms with Crippen molar-refractivity contribution in [1.82, 2.24) is 10.3 Å². The van der Waals surface area contributed by atoms with E-state index >= 15 is 0 Å². The number of ether oxygens (including phenoxy) is 1. The summed E-state index contributed by atoms with van der Waals surface area (Å²) in [4.78, 5) is 28.1. The van der Waals surface area contributed by atoms with Crippen molar-refractivity contribution >= 4 is 17.7 Å². The van der Waals surface area contributed by atoms with E-state index in [1.165, 1.54) is 6.07 Å². The monoisotopic (exact) mass is 415 g/mol. The molecule has 1 heterocycles. The lowest BCUT2D eigenvalue weighted by molar-refractivity contribution is 0.102. The minimum Gasteiger partial charge on any atom is -0.408 e. The third-order valence-corrected chi connectivity index (χ3v) is 4.41. The normalized spacial score (nSPS) is 10.2. The maximum absolute atomic E-state index is 12.6. The molecular weight excluding hydrogens is 394 g/mol. The fourth-order valence-electron chi connectivity index (χ4n) is 2.93. The minimum atomic E-state index is -0.969. The topological polar surface area (TPSA) is 130 Å². The molecule has 0 fully saturated rings. The van der Waals surface area contributed by atoms with Gasteiger partial charge in [0.2, 0.25) is 0 Å². The van der Waals surface area contributed by atoms with Gasteiger partial charge in [-0.2, -0.15) is 5.26 Å². The van der Waals surface area contributed by atoms with E-state index in [4.69, 9.17) is 10.5 Å². The quantitative estimate of drug-likeness (QED) is 0.542. The van der Waals surface area contributed by atoms with Gasteiger partial charge in [0, 0.05) is 23.9 Å². The van der Waals surface area contributed by atoms with Crippen LogP contribution >= 0.6 is 0 Å². The zero-order chi connectivity index (χ0) is 22.2. The van der Waals surface area contributed by atoms with Crippen molar-refractivity contribution in [2.75, 3.05) is 11.9 Å². The predicted molar refractivity (Wildman–Crippen MR) is 116 cm³/mol. The predicted octanol–water partition coefficient (Wildman–Crippen LogP) is 3.44. The first-order chi connectivity index (χ1) is 15.0. The van der Waals surface area contributed by atoms with Crippen molar-refractivity contribution in [3.63, 3.8) is 0 Å². The zero-order valence-corrected chi connectivity index (χ0v) is 16.9. The second-order valence-corrected chi connectivity index (χ2v) is 6.58. The van der Waals surface area contributed by atoms with Gasteiger partial charge >= 0.3 is 6.09 Å². The number of hydrogen-bond acceptors (Lipinski definition) is 6. The third kappa shape index (κ3) is 5.44. The van der Waals surface area contributed by atoms with Gasteiger partial charge in [-0.3, -0.25) is 9.78 Å². The molecule has 3 aromatic rings. The van der Waals surface area contributed by atoms with Gasteiger partial charge in [-0.05, 0) is 42.4 Å².